The molecule has 1 fully saturated rings. The number of nitrogens with one attached hydrogen (secondary N) is 2. The van der Waals surface area contributed by atoms with Gasteiger partial charge >= 0.3 is 5.97 Å². The molecular formula is C21H26N2O3S2. The average Bonchev–Trinajstić information content (AvgIpc) is 3.30. The summed E-state index contributed by atoms with van der Waals surface area (Å²) in [4.78, 5) is 13.8. The summed E-state index contributed by atoms with van der Waals surface area (Å²) in [6, 6.07) is 9.98. The first-order valence-electron chi connectivity index (χ1n) is 9.56. The van der Waals surface area contributed by atoms with Crippen LogP contribution in [0.15, 0.2) is 30.3 Å². The van der Waals surface area contributed by atoms with Crippen LogP contribution < -0.4 is 10.6 Å². The summed E-state index contributed by atoms with van der Waals surface area (Å²) >= 11 is 7.01. The van der Waals surface area contributed by atoms with Crippen LogP contribution in [-0.4, -0.2) is 36.4 Å². The minimum absolute atomic E-state index is 0.100. The molecule has 0 saturated carbocycles. The van der Waals surface area contributed by atoms with Crippen LogP contribution in [0, 0.1) is 6.92 Å². The first kappa shape index (κ1) is 20.8. The Hall–Kier alpha value is -1.96. The fourth-order valence-electron chi connectivity index (χ4n) is 3.42. The van der Waals surface area contributed by atoms with Gasteiger partial charge in [0.2, 0.25) is 0 Å². The van der Waals surface area contributed by atoms with Gasteiger partial charge < -0.3 is 20.1 Å². The van der Waals surface area contributed by atoms with E-state index in [2.05, 4.69) is 17.6 Å². The predicted octanol–water partition coefficient (Wildman–Crippen LogP) is 4.75. The Morgan fingerprint density at radius 1 is 1.39 bits per heavy atom. The smallest absolute Gasteiger partial charge is 0.341 e. The normalized spacial score (nSPS) is 17.2. The quantitative estimate of drug-likeness (QED) is 0.521. The third kappa shape index (κ3) is 4.71. The Balaban J connectivity index is 1.85. The fourth-order valence-corrected chi connectivity index (χ4v) is 4.84. The van der Waals surface area contributed by atoms with Gasteiger partial charge in [-0.25, -0.2) is 4.79 Å². The topological polar surface area (TPSA) is 59.6 Å². The van der Waals surface area contributed by atoms with Crippen LogP contribution in [-0.2, 0) is 9.47 Å². The number of thiophene rings is 1. The minimum atomic E-state index is -0.344. The lowest BCUT2D eigenvalue weighted by molar-refractivity contribution is 0.0529. The Morgan fingerprint density at radius 3 is 2.79 bits per heavy atom. The molecule has 3 rings (SSSR count). The van der Waals surface area contributed by atoms with Crippen molar-refractivity contribution in [3.05, 3.63) is 40.8 Å². The lowest BCUT2D eigenvalue weighted by Gasteiger charge is -2.22. The Morgan fingerprint density at radius 2 is 2.14 bits per heavy atom. The predicted molar refractivity (Wildman–Crippen MR) is 118 cm³/mol. The summed E-state index contributed by atoms with van der Waals surface area (Å²) < 4.78 is 11.1. The highest BCUT2D eigenvalue weighted by Crippen LogP contribution is 2.40. The van der Waals surface area contributed by atoms with Crippen molar-refractivity contribution in [1.29, 1.82) is 0 Å². The van der Waals surface area contributed by atoms with E-state index in [1.807, 2.05) is 44.2 Å². The van der Waals surface area contributed by atoms with Gasteiger partial charge in [0, 0.05) is 17.0 Å². The van der Waals surface area contributed by atoms with Crippen molar-refractivity contribution < 1.29 is 14.3 Å². The van der Waals surface area contributed by atoms with Gasteiger partial charge in [0.15, 0.2) is 5.11 Å². The molecule has 28 heavy (non-hydrogen) atoms. The molecule has 0 aliphatic carbocycles. The lowest BCUT2D eigenvalue weighted by atomic mass is 10.0. The monoisotopic (exact) mass is 418 g/mol. The molecule has 2 aromatic rings. The van der Waals surface area contributed by atoms with Crippen molar-refractivity contribution in [3.63, 3.8) is 0 Å². The molecule has 2 N–H and O–H groups in total. The van der Waals surface area contributed by atoms with Crippen molar-refractivity contribution in [2.45, 2.75) is 45.8 Å². The highest BCUT2D eigenvalue weighted by molar-refractivity contribution is 7.80. The molecule has 0 radical (unpaired) electrons. The zero-order valence-corrected chi connectivity index (χ0v) is 18.0. The summed E-state index contributed by atoms with van der Waals surface area (Å²) in [6.07, 6.45) is 2.27. The van der Waals surface area contributed by atoms with E-state index in [0.29, 0.717) is 22.3 Å². The van der Waals surface area contributed by atoms with E-state index in [9.17, 15) is 4.79 Å². The number of hydrogen-bond donors (Lipinski definition) is 2. The number of anilines is 1. The maximum atomic E-state index is 12.7. The van der Waals surface area contributed by atoms with Crippen LogP contribution in [0.25, 0.3) is 11.1 Å². The number of hydrogen-bond acceptors (Lipinski definition) is 5. The number of benzene rings is 1. The van der Waals surface area contributed by atoms with Crippen molar-refractivity contribution in [1.82, 2.24) is 5.32 Å². The van der Waals surface area contributed by atoms with E-state index in [0.717, 1.165) is 35.5 Å². The molecule has 2 atom stereocenters. The second-order valence-electron chi connectivity index (χ2n) is 6.76. The van der Waals surface area contributed by atoms with Gasteiger partial charge in [-0.1, -0.05) is 30.3 Å². The Labute approximate surface area is 175 Å². The summed E-state index contributed by atoms with van der Waals surface area (Å²) in [5.41, 5.74) is 2.41. The first-order valence-corrected chi connectivity index (χ1v) is 10.8. The van der Waals surface area contributed by atoms with Gasteiger partial charge in [0.1, 0.15) is 10.6 Å². The van der Waals surface area contributed by atoms with Gasteiger partial charge in [0.25, 0.3) is 0 Å². The number of esters is 1. The summed E-state index contributed by atoms with van der Waals surface area (Å²) in [5, 5.41) is 7.69. The second kappa shape index (κ2) is 9.49. The molecule has 0 spiro atoms. The van der Waals surface area contributed by atoms with Gasteiger partial charge in [0.05, 0.1) is 18.8 Å². The molecule has 1 aromatic carbocycles. The largest absolute Gasteiger partial charge is 0.462 e. The number of carbonyl (C=O) groups is 1. The SMILES string of the molecule is CCOC(=O)c1c(NC(=S)N[C@H](C)[C@H]2CCCO2)sc(C)c1-c1ccccc1. The molecule has 7 heteroatoms. The molecule has 0 amide bonds. The van der Waals surface area contributed by atoms with Gasteiger partial charge in [-0.05, 0) is 51.4 Å². The summed E-state index contributed by atoms with van der Waals surface area (Å²) in [5.74, 6) is -0.344. The van der Waals surface area contributed by atoms with Gasteiger partial charge in [-0.15, -0.1) is 11.3 Å². The van der Waals surface area contributed by atoms with Crippen LogP contribution >= 0.6 is 23.6 Å². The molecule has 1 aliphatic heterocycles. The maximum absolute atomic E-state index is 12.7. The lowest BCUT2D eigenvalue weighted by Crippen LogP contribution is -2.42. The molecular weight excluding hydrogens is 392 g/mol. The van der Waals surface area contributed by atoms with E-state index in [4.69, 9.17) is 21.7 Å². The van der Waals surface area contributed by atoms with Crippen molar-refractivity contribution in [2.24, 2.45) is 0 Å². The average molecular weight is 419 g/mol. The van der Waals surface area contributed by atoms with E-state index < -0.39 is 0 Å². The molecule has 1 aliphatic rings. The summed E-state index contributed by atoms with van der Waals surface area (Å²) in [6.45, 7) is 6.99. The number of thiocarbonyl (C=S) groups is 1. The Kier molecular flexibility index (Phi) is 7.04. The highest BCUT2D eigenvalue weighted by atomic mass is 32.1. The number of aryl methyl sites for hydroxylation is 1. The zero-order chi connectivity index (χ0) is 20.1. The maximum Gasteiger partial charge on any atom is 0.341 e. The number of rotatable bonds is 6. The van der Waals surface area contributed by atoms with Crippen LogP contribution in [0.4, 0.5) is 5.00 Å². The van der Waals surface area contributed by atoms with Crippen molar-refractivity contribution in [3.8, 4) is 11.1 Å². The van der Waals surface area contributed by atoms with Gasteiger partial charge in [-0.3, -0.25) is 0 Å². The number of ether oxygens (including phenoxy) is 2. The van der Waals surface area contributed by atoms with Crippen molar-refractivity contribution in [2.75, 3.05) is 18.5 Å². The molecule has 2 heterocycles. The standard InChI is InChI=1S/C21H26N2O3S2/c1-4-25-20(24)18-17(15-9-6-5-7-10-15)14(3)28-19(18)23-21(27)22-13(2)16-11-8-12-26-16/h5-7,9-10,13,16H,4,8,11-12H2,1-3H3,(H2,22,23,27)/t13-,16-/m1/s1. The number of carbonyl (C=O) groups excluding carboxylic acids is 1. The molecule has 1 aromatic heterocycles. The molecule has 150 valence electrons. The van der Waals surface area contributed by atoms with E-state index in [1.54, 1.807) is 0 Å². The fraction of sp³-hybridized carbons (Fsp3) is 0.429. The Bertz CT molecular complexity index is 830. The third-order valence-electron chi connectivity index (χ3n) is 4.73. The molecule has 0 unspecified atom stereocenters. The second-order valence-corrected chi connectivity index (χ2v) is 8.40. The van der Waals surface area contributed by atoms with E-state index in [1.165, 1.54) is 11.3 Å². The van der Waals surface area contributed by atoms with Crippen molar-refractivity contribution >= 4 is 39.6 Å². The molecule has 0 bridgehead atoms. The van der Waals surface area contributed by atoms with Crippen LogP contribution in [0.3, 0.4) is 0 Å². The van der Waals surface area contributed by atoms with Crippen LogP contribution in [0.1, 0.15) is 41.9 Å². The van der Waals surface area contributed by atoms with Crippen LogP contribution in [0.5, 0.6) is 0 Å². The molecule has 5 nitrogen and oxygen atoms in total. The summed E-state index contributed by atoms with van der Waals surface area (Å²) in [7, 11) is 0. The minimum Gasteiger partial charge on any atom is -0.462 e. The molecule has 1 saturated heterocycles. The first-order chi connectivity index (χ1) is 13.5. The van der Waals surface area contributed by atoms with E-state index in [-0.39, 0.29) is 18.1 Å². The van der Waals surface area contributed by atoms with E-state index >= 15 is 0 Å². The van der Waals surface area contributed by atoms with Crippen LogP contribution in [0.2, 0.25) is 0 Å². The third-order valence-corrected chi connectivity index (χ3v) is 5.98. The van der Waals surface area contributed by atoms with Gasteiger partial charge in [-0.2, -0.15) is 0 Å². The highest BCUT2D eigenvalue weighted by Gasteiger charge is 2.26. The zero-order valence-electron chi connectivity index (χ0n) is 16.4.